The Kier molecular flexibility index (Phi) is 7.96. The van der Waals surface area contributed by atoms with Gasteiger partial charge in [-0.1, -0.05) is 13.8 Å². The highest BCUT2D eigenvalue weighted by Crippen LogP contribution is 2.27. The Morgan fingerprint density at radius 2 is 1.92 bits per heavy atom. The van der Waals surface area contributed by atoms with Gasteiger partial charge in [0.15, 0.2) is 5.96 Å². The number of aliphatic imine (C=N–C) groups is 1. The van der Waals surface area contributed by atoms with Crippen molar-refractivity contribution >= 4 is 11.9 Å². The standard InChI is InChI=1S/C18H32N4O3/c1-7-19-17(21-9-8-20-16(23)12(2)3)22-11-18(6,24)15-10-13(4)25-14(15)5/h10,12,24H,7-9,11H2,1-6H3,(H,20,23)(H2,19,21,22). The van der Waals surface area contributed by atoms with Crippen LogP contribution in [-0.4, -0.2) is 43.2 Å². The van der Waals surface area contributed by atoms with E-state index in [0.717, 1.165) is 11.3 Å². The molecule has 1 aromatic heterocycles. The maximum absolute atomic E-state index is 11.5. The summed E-state index contributed by atoms with van der Waals surface area (Å²) in [6.45, 7) is 13.1. The van der Waals surface area contributed by atoms with Crippen LogP contribution in [0.5, 0.6) is 0 Å². The number of nitrogens with zero attached hydrogens (tertiary/aromatic N) is 1. The Morgan fingerprint density at radius 1 is 1.28 bits per heavy atom. The number of amides is 1. The quantitative estimate of drug-likeness (QED) is 0.322. The summed E-state index contributed by atoms with van der Waals surface area (Å²) >= 11 is 0. The van der Waals surface area contributed by atoms with E-state index in [1.54, 1.807) is 6.92 Å². The van der Waals surface area contributed by atoms with Crippen molar-refractivity contribution in [2.24, 2.45) is 10.9 Å². The first kappa shape index (κ1) is 21.0. The largest absolute Gasteiger partial charge is 0.466 e. The van der Waals surface area contributed by atoms with Gasteiger partial charge >= 0.3 is 0 Å². The molecular formula is C18H32N4O3. The maximum Gasteiger partial charge on any atom is 0.222 e. The first-order valence-corrected chi connectivity index (χ1v) is 8.77. The smallest absolute Gasteiger partial charge is 0.222 e. The number of carbonyl (C=O) groups is 1. The van der Waals surface area contributed by atoms with E-state index >= 15 is 0 Å². The predicted octanol–water partition coefficient (Wildman–Crippen LogP) is 1.43. The van der Waals surface area contributed by atoms with Gasteiger partial charge in [-0.2, -0.15) is 0 Å². The van der Waals surface area contributed by atoms with E-state index in [2.05, 4.69) is 20.9 Å². The summed E-state index contributed by atoms with van der Waals surface area (Å²) in [6, 6.07) is 1.84. The summed E-state index contributed by atoms with van der Waals surface area (Å²) in [4.78, 5) is 16.0. The molecule has 0 aliphatic heterocycles. The number of aryl methyl sites for hydroxylation is 2. The van der Waals surface area contributed by atoms with Crippen LogP contribution in [0.2, 0.25) is 0 Å². The fourth-order valence-electron chi connectivity index (χ4n) is 2.40. The number of carbonyl (C=O) groups excluding carboxylic acids is 1. The molecule has 0 saturated carbocycles. The molecule has 7 heteroatoms. The number of aliphatic hydroxyl groups is 1. The summed E-state index contributed by atoms with van der Waals surface area (Å²) < 4.78 is 5.50. The van der Waals surface area contributed by atoms with Crippen molar-refractivity contribution in [2.45, 2.75) is 47.1 Å². The molecule has 0 bridgehead atoms. The SMILES string of the molecule is CCNC(=NCC(C)(O)c1cc(C)oc1C)NCCNC(=O)C(C)C. The Labute approximate surface area is 150 Å². The second-order valence-electron chi connectivity index (χ2n) is 6.67. The summed E-state index contributed by atoms with van der Waals surface area (Å²) in [7, 11) is 0. The molecule has 0 radical (unpaired) electrons. The molecule has 0 aliphatic rings. The van der Waals surface area contributed by atoms with Gasteiger partial charge in [0.2, 0.25) is 5.91 Å². The molecule has 0 spiro atoms. The summed E-state index contributed by atoms with van der Waals surface area (Å²) in [5, 5.41) is 19.8. The topological polar surface area (TPSA) is 98.9 Å². The molecule has 1 atom stereocenters. The Bertz CT molecular complexity index is 591. The van der Waals surface area contributed by atoms with Crippen LogP contribution in [0, 0.1) is 19.8 Å². The third-order valence-corrected chi connectivity index (χ3v) is 3.75. The van der Waals surface area contributed by atoms with Crippen molar-refractivity contribution < 1.29 is 14.3 Å². The lowest BCUT2D eigenvalue weighted by Gasteiger charge is -2.21. The van der Waals surface area contributed by atoms with Crippen LogP contribution in [0.1, 0.15) is 44.8 Å². The predicted molar refractivity (Wildman–Crippen MR) is 99.6 cm³/mol. The zero-order chi connectivity index (χ0) is 19.0. The average Bonchev–Trinajstić information content (AvgIpc) is 2.88. The summed E-state index contributed by atoms with van der Waals surface area (Å²) in [5.74, 6) is 2.06. The van der Waals surface area contributed by atoms with E-state index in [1.807, 2.05) is 40.7 Å². The molecule has 142 valence electrons. The second-order valence-corrected chi connectivity index (χ2v) is 6.67. The molecule has 1 rings (SSSR count). The molecule has 0 aromatic carbocycles. The summed E-state index contributed by atoms with van der Waals surface area (Å²) in [5.41, 5.74) is -0.371. The van der Waals surface area contributed by atoms with E-state index in [0.29, 0.717) is 31.4 Å². The van der Waals surface area contributed by atoms with E-state index in [9.17, 15) is 9.90 Å². The Balaban J connectivity index is 2.62. The van der Waals surface area contributed by atoms with Crippen molar-refractivity contribution in [3.05, 3.63) is 23.2 Å². The zero-order valence-electron chi connectivity index (χ0n) is 16.2. The number of hydrogen-bond donors (Lipinski definition) is 4. The monoisotopic (exact) mass is 352 g/mol. The summed E-state index contributed by atoms with van der Waals surface area (Å²) in [6.07, 6.45) is 0. The molecule has 0 fully saturated rings. The van der Waals surface area contributed by atoms with Crippen LogP contribution in [-0.2, 0) is 10.4 Å². The van der Waals surface area contributed by atoms with Gasteiger partial charge in [0.05, 0.1) is 6.54 Å². The minimum absolute atomic E-state index is 0.0254. The van der Waals surface area contributed by atoms with Gasteiger partial charge in [0.1, 0.15) is 17.1 Å². The number of furan rings is 1. The van der Waals surface area contributed by atoms with E-state index in [-0.39, 0.29) is 18.4 Å². The maximum atomic E-state index is 11.5. The van der Waals surface area contributed by atoms with Gasteiger partial charge in [0.25, 0.3) is 0 Å². The molecule has 4 N–H and O–H groups in total. The Hall–Kier alpha value is -2.02. The van der Waals surface area contributed by atoms with Crippen LogP contribution >= 0.6 is 0 Å². The normalized spacial score (nSPS) is 14.3. The molecule has 0 saturated heterocycles. The minimum atomic E-state index is -1.12. The van der Waals surface area contributed by atoms with Gasteiger partial charge in [-0.3, -0.25) is 4.79 Å². The van der Waals surface area contributed by atoms with Crippen LogP contribution in [0.15, 0.2) is 15.5 Å². The highest BCUT2D eigenvalue weighted by atomic mass is 16.3. The molecule has 0 aliphatic carbocycles. The minimum Gasteiger partial charge on any atom is -0.466 e. The van der Waals surface area contributed by atoms with Crippen molar-refractivity contribution in [3.8, 4) is 0 Å². The molecule has 1 aromatic rings. The molecule has 1 heterocycles. The molecule has 25 heavy (non-hydrogen) atoms. The number of nitrogens with one attached hydrogen (secondary N) is 3. The van der Waals surface area contributed by atoms with Gasteiger partial charge in [-0.15, -0.1) is 0 Å². The van der Waals surface area contributed by atoms with Crippen LogP contribution in [0.4, 0.5) is 0 Å². The zero-order valence-corrected chi connectivity index (χ0v) is 16.2. The van der Waals surface area contributed by atoms with Gasteiger partial charge in [0, 0.05) is 31.1 Å². The molecule has 1 unspecified atom stereocenters. The van der Waals surface area contributed by atoms with Gasteiger partial charge in [-0.05, 0) is 33.8 Å². The number of guanidine groups is 1. The lowest BCUT2D eigenvalue weighted by molar-refractivity contribution is -0.123. The first-order chi connectivity index (χ1) is 11.7. The van der Waals surface area contributed by atoms with E-state index in [1.165, 1.54) is 0 Å². The molecule has 1 amide bonds. The van der Waals surface area contributed by atoms with Gasteiger partial charge in [-0.25, -0.2) is 4.99 Å². The highest BCUT2D eigenvalue weighted by molar-refractivity contribution is 5.80. The van der Waals surface area contributed by atoms with Crippen molar-refractivity contribution in [1.82, 2.24) is 16.0 Å². The van der Waals surface area contributed by atoms with E-state index in [4.69, 9.17) is 4.42 Å². The van der Waals surface area contributed by atoms with Crippen molar-refractivity contribution in [3.63, 3.8) is 0 Å². The van der Waals surface area contributed by atoms with E-state index < -0.39 is 5.60 Å². The average molecular weight is 352 g/mol. The lowest BCUT2D eigenvalue weighted by Crippen LogP contribution is -2.43. The first-order valence-electron chi connectivity index (χ1n) is 8.77. The van der Waals surface area contributed by atoms with Gasteiger partial charge < -0.3 is 25.5 Å². The second kappa shape index (κ2) is 9.46. The fraction of sp³-hybridized carbons (Fsp3) is 0.667. The third kappa shape index (κ3) is 6.78. The van der Waals surface area contributed by atoms with Crippen LogP contribution in [0.25, 0.3) is 0 Å². The molecular weight excluding hydrogens is 320 g/mol. The number of rotatable bonds is 8. The highest BCUT2D eigenvalue weighted by Gasteiger charge is 2.27. The molecule has 7 nitrogen and oxygen atoms in total. The third-order valence-electron chi connectivity index (χ3n) is 3.75. The van der Waals surface area contributed by atoms with Crippen LogP contribution in [0.3, 0.4) is 0 Å². The van der Waals surface area contributed by atoms with Crippen molar-refractivity contribution in [1.29, 1.82) is 0 Å². The fourth-order valence-corrected chi connectivity index (χ4v) is 2.40. The number of hydrogen-bond acceptors (Lipinski definition) is 4. The Morgan fingerprint density at radius 3 is 2.44 bits per heavy atom. The van der Waals surface area contributed by atoms with Crippen LogP contribution < -0.4 is 16.0 Å². The lowest BCUT2D eigenvalue weighted by atomic mass is 9.96. The van der Waals surface area contributed by atoms with Crippen molar-refractivity contribution in [2.75, 3.05) is 26.2 Å².